The second kappa shape index (κ2) is 6.83. The van der Waals surface area contributed by atoms with E-state index >= 15 is 0 Å². The third-order valence-corrected chi connectivity index (χ3v) is 3.41. The maximum Gasteiger partial charge on any atom is 0.270 e. The molecule has 2 aromatic heterocycles. The summed E-state index contributed by atoms with van der Waals surface area (Å²) in [7, 11) is 0. The number of rotatable bonds is 5. The van der Waals surface area contributed by atoms with Crippen LogP contribution in [0.5, 0.6) is 0 Å². The summed E-state index contributed by atoms with van der Waals surface area (Å²) in [5, 5.41) is 6.95. The Balaban J connectivity index is 1.57. The molecule has 0 radical (unpaired) electrons. The van der Waals surface area contributed by atoms with E-state index < -0.39 is 0 Å². The third kappa shape index (κ3) is 4.00. The number of carbonyl (C=O) groups is 1. The molecular formula is C17H17N5O. The van der Waals surface area contributed by atoms with E-state index in [4.69, 9.17) is 0 Å². The van der Waals surface area contributed by atoms with Gasteiger partial charge in [0.1, 0.15) is 18.3 Å². The summed E-state index contributed by atoms with van der Waals surface area (Å²) in [6.45, 7) is 3.02. The number of benzene rings is 1. The van der Waals surface area contributed by atoms with Crippen molar-refractivity contribution < 1.29 is 4.79 Å². The largest absolute Gasteiger partial charge is 0.347 e. The average molecular weight is 307 g/mol. The number of pyridine rings is 1. The van der Waals surface area contributed by atoms with Crippen molar-refractivity contribution in [2.24, 2.45) is 0 Å². The highest BCUT2D eigenvalue weighted by Gasteiger charge is 2.06. The molecule has 0 fully saturated rings. The Morgan fingerprint density at radius 3 is 2.61 bits per heavy atom. The van der Waals surface area contributed by atoms with E-state index in [-0.39, 0.29) is 5.91 Å². The Hall–Kier alpha value is -3.02. The van der Waals surface area contributed by atoms with Gasteiger partial charge in [0.2, 0.25) is 0 Å². The topological polar surface area (TPSA) is 72.7 Å². The molecule has 0 aliphatic rings. The predicted octanol–water partition coefficient (Wildman–Crippen LogP) is 1.96. The Morgan fingerprint density at radius 2 is 1.91 bits per heavy atom. The van der Waals surface area contributed by atoms with Gasteiger partial charge in [-0.05, 0) is 30.2 Å². The summed E-state index contributed by atoms with van der Waals surface area (Å²) in [6.07, 6.45) is 3.20. The van der Waals surface area contributed by atoms with Crippen LogP contribution in [0.25, 0.3) is 0 Å². The lowest BCUT2D eigenvalue weighted by Gasteiger charge is -2.07. The third-order valence-electron chi connectivity index (χ3n) is 3.41. The van der Waals surface area contributed by atoms with E-state index in [0.717, 1.165) is 16.8 Å². The number of amides is 1. The van der Waals surface area contributed by atoms with Gasteiger partial charge < -0.3 is 5.32 Å². The molecule has 0 aliphatic heterocycles. The van der Waals surface area contributed by atoms with Crippen LogP contribution in [-0.4, -0.2) is 25.7 Å². The molecule has 6 heteroatoms. The molecule has 1 aromatic carbocycles. The zero-order valence-electron chi connectivity index (χ0n) is 12.8. The van der Waals surface area contributed by atoms with Crippen molar-refractivity contribution >= 4 is 5.91 Å². The molecule has 0 unspecified atom stereocenters. The van der Waals surface area contributed by atoms with Crippen LogP contribution in [0.4, 0.5) is 0 Å². The molecule has 1 amide bonds. The van der Waals surface area contributed by atoms with Crippen LogP contribution in [0.1, 0.15) is 27.3 Å². The molecule has 23 heavy (non-hydrogen) atoms. The van der Waals surface area contributed by atoms with E-state index in [9.17, 15) is 4.79 Å². The molecular weight excluding hydrogens is 290 g/mol. The normalized spacial score (nSPS) is 10.5. The molecule has 2 heterocycles. The molecule has 1 N–H and O–H groups in total. The van der Waals surface area contributed by atoms with Gasteiger partial charge in [0.25, 0.3) is 5.91 Å². The molecule has 3 rings (SSSR count). The Bertz CT molecular complexity index is 781. The van der Waals surface area contributed by atoms with Gasteiger partial charge in [-0.1, -0.05) is 30.3 Å². The van der Waals surface area contributed by atoms with Gasteiger partial charge in [0.05, 0.1) is 6.54 Å². The molecule has 0 aliphatic carbocycles. The number of aryl methyl sites for hydroxylation is 1. The number of nitrogens with one attached hydrogen (secondary N) is 1. The van der Waals surface area contributed by atoms with Crippen LogP contribution in [0, 0.1) is 6.92 Å². The van der Waals surface area contributed by atoms with Crippen LogP contribution in [0.15, 0.2) is 55.1 Å². The van der Waals surface area contributed by atoms with E-state index in [2.05, 4.69) is 20.4 Å². The van der Waals surface area contributed by atoms with Crippen molar-refractivity contribution in [2.45, 2.75) is 20.0 Å². The fraction of sp³-hybridized carbons (Fsp3) is 0.176. The van der Waals surface area contributed by atoms with Gasteiger partial charge in [0.15, 0.2) is 0 Å². The van der Waals surface area contributed by atoms with Gasteiger partial charge in [-0.25, -0.2) is 14.6 Å². The van der Waals surface area contributed by atoms with Crippen LogP contribution in [-0.2, 0) is 13.1 Å². The second-order valence-corrected chi connectivity index (χ2v) is 5.26. The first-order chi connectivity index (χ1) is 11.2. The fourth-order valence-corrected chi connectivity index (χ4v) is 2.21. The van der Waals surface area contributed by atoms with Crippen molar-refractivity contribution in [2.75, 3.05) is 0 Å². The minimum atomic E-state index is -0.166. The maximum absolute atomic E-state index is 12.1. The van der Waals surface area contributed by atoms with Gasteiger partial charge in [0, 0.05) is 12.2 Å². The van der Waals surface area contributed by atoms with Crippen molar-refractivity contribution in [3.8, 4) is 0 Å². The number of carbonyl (C=O) groups excluding carboxylic acids is 1. The highest BCUT2D eigenvalue weighted by atomic mass is 16.1. The second-order valence-electron chi connectivity index (χ2n) is 5.26. The standard InChI is InChI=1S/C17H17N5O/c1-13-3-2-4-16(21-13)17(23)19-9-14-5-7-15(8-6-14)10-22-12-18-11-20-22/h2-8,11-12H,9-10H2,1H3,(H,19,23). The zero-order valence-corrected chi connectivity index (χ0v) is 12.8. The van der Waals surface area contributed by atoms with E-state index in [0.29, 0.717) is 18.8 Å². The molecule has 0 saturated heterocycles. The summed E-state index contributed by atoms with van der Waals surface area (Å²) in [6, 6.07) is 13.4. The molecule has 116 valence electrons. The van der Waals surface area contributed by atoms with Crippen molar-refractivity contribution in [3.63, 3.8) is 0 Å². The first-order valence-corrected chi connectivity index (χ1v) is 7.33. The first kappa shape index (κ1) is 14.9. The first-order valence-electron chi connectivity index (χ1n) is 7.33. The number of nitrogens with zero attached hydrogens (tertiary/aromatic N) is 4. The van der Waals surface area contributed by atoms with Crippen LogP contribution < -0.4 is 5.32 Å². The average Bonchev–Trinajstić information content (AvgIpc) is 3.07. The zero-order chi connectivity index (χ0) is 16.1. The van der Waals surface area contributed by atoms with Crippen LogP contribution in [0.2, 0.25) is 0 Å². The summed E-state index contributed by atoms with van der Waals surface area (Å²) >= 11 is 0. The van der Waals surface area contributed by atoms with Crippen molar-refractivity contribution in [1.29, 1.82) is 0 Å². The van der Waals surface area contributed by atoms with Gasteiger partial charge in [-0.15, -0.1) is 0 Å². The molecule has 0 spiro atoms. The summed E-state index contributed by atoms with van der Waals surface area (Å²) in [4.78, 5) is 20.2. The molecule has 3 aromatic rings. The molecule has 0 bridgehead atoms. The summed E-state index contributed by atoms with van der Waals surface area (Å²) < 4.78 is 1.76. The maximum atomic E-state index is 12.1. The van der Waals surface area contributed by atoms with Gasteiger partial charge >= 0.3 is 0 Å². The van der Waals surface area contributed by atoms with E-state index in [1.165, 1.54) is 6.33 Å². The molecule has 6 nitrogen and oxygen atoms in total. The smallest absolute Gasteiger partial charge is 0.270 e. The van der Waals surface area contributed by atoms with Crippen molar-refractivity contribution in [3.05, 3.63) is 77.6 Å². The van der Waals surface area contributed by atoms with Crippen LogP contribution >= 0.6 is 0 Å². The Kier molecular flexibility index (Phi) is 4.42. The van der Waals surface area contributed by atoms with Gasteiger partial charge in [-0.2, -0.15) is 5.10 Å². The van der Waals surface area contributed by atoms with E-state index in [1.54, 1.807) is 17.1 Å². The quantitative estimate of drug-likeness (QED) is 0.782. The van der Waals surface area contributed by atoms with Crippen molar-refractivity contribution in [1.82, 2.24) is 25.1 Å². The lowest BCUT2D eigenvalue weighted by Crippen LogP contribution is -2.23. The summed E-state index contributed by atoms with van der Waals surface area (Å²) in [5.41, 5.74) is 3.43. The van der Waals surface area contributed by atoms with Crippen LogP contribution in [0.3, 0.4) is 0 Å². The highest BCUT2D eigenvalue weighted by molar-refractivity contribution is 5.92. The fourth-order valence-electron chi connectivity index (χ4n) is 2.21. The minimum Gasteiger partial charge on any atom is -0.347 e. The number of aromatic nitrogens is 4. The number of hydrogen-bond donors (Lipinski definition) is 1. The molecule has 0 saturated carbocycles. The predicted molar refractivity (Wildman–Crippen MR) is 85.7 cm³/mol. The summed E-state index contributed by atoms with van der Waals surface area (Å²) in [5.74, 6) is -0.166. The number of hydrogen-bond acceptors (Lipinski definition) is 4. The molecule has 0 atom stereocenters. The SMILES string of the molecule is Cc1cccc(C(=O)NCc2ccc(Cn3cncn3)cc2)n1. The lowest BCUT2D eigenvalue weighted by molar-refractivity contribution is 0.0945. The van der Waals surface area contributed by atoms with Gasteiger partial charge in [-0.3, -0.25) is 4.79 Å². The Labute approximate surface area is 134 Å². The lowest BCUT2D eigenvalue weighted by atomic mass is 10.1. The highest BCUT2D eigenvalue weighted by Crippen LogP contribution is 2.06. The Morgan fingerprint density at radius 1 is 1.13 bits per heavy atom. The minimum absolute atomic E-state index is 0.166. The monoisotopic (exact) mass is 307 g/mol. The van der Waals surface area contributed by atoms with E-state index in [1.807, 2.05) is 43.3 Å².